The molecule has 1 aromatic heterocycles. The molecule has 6 nitrogen and oxygen atoms in total. The van der Waals surface area contributed by atoms with Gasteiger partial charge in [-0.25, -0.2) is 4.68 Å². The second-order valence-electron chi connectivity index (χ2n) is 6.08. The molecule has 1 aromatic carbocycles. The highest BCUT2D eigenvalue weighted by molar-refractivity contribution is 5.31. The molecule has 24 heavy (non-hydrogen) atoms. The van der Waals surface area contributed by atoms with Crippen LogP contribution in [0.2, 0.25) is 0 Å². The maximum absolute atomic E-state index is 10.4. The monoisotopic (exact) mass is 333 g/mol. The van der Waals surface area contributed by atoms with Crippen molar-refractivity contribution in [3.63, 3.8) is 0 Å². The first-order valence-electron chi connectivity index (χ1n) is 8.14. The van der Waals surface area contributed by atoms with Gasteiger partial charge in [-0.1, -0.05) is 12.1 Å². The second kappa shape index (κ2) is 8.17. The van der Waals surface area contributed by atoms with E-state index < -0.39 is 6.10 Å². The van der Waals surface area contributed by atoms with Crippen LogP contribution in [0.25, 0.3) is 0 Å². The minimum atomic E-state index is -0.608. The van der Waals surface area contributed by atoms with E-state index in [2.05, 4.69) is 10.4 Å². The lowest BCUT2D eigenvalue weighted by Crippen LogP contribution is -2.21. The van der Waals surface area contributed by atoms with Crippen LogP contribution in [0.1, 0.15) is 36.8 Å². The Labute approximate surface area is 143 Å². The van der Waals surface area contributed by atoms with E-state index in [-0.39, 0.29) is 6.10 Å². The zero-order chi connectivity index (χ0) is 17.7. The average Bonchev–Trinajstić information content (AvgIpc) is 2.80. The topological polar surface area (TPSA) is 68.5 Å². The fourth-order valence-corrected chi connectivity index (χ4v) is 2.66. The number of methoxy groups -OCH3 is 1. The predicted octanol–water partition coefficient (Wildman–Crippen LogP) is 2.35. The smallest absolute Gasteiger partial charge is 0.216 e. The number of nitrogens with one attached hydrogen (secondary N) is 1. The molecule has 0 amide bonds. The standard InChI is InChI=1S/C18H27N3O3/c1-12(2)24-15-8-6-7-14(9-15)17(22)11-19-10-16-13(3)20-21(4)18(16)23-5/h6-9,12,17,19,22H,10-11H2,1-5H3. The number of nitrogens with zero attached hydrogens (tertiary/aromatic N) is 2. The van der Waals surface area contributed by atoms with Crippen LogP contribution in [0, 0.1) is 6.92 Å². The highest BCUT2D eigenvalue weighted by atomic mass is 16.5. The van der Waals surface area contributed by atoms with Gasteiger partial charge in [-0.15, -0.1) is 0 Å². The molecule has 0 spiro atoms. The highest BCUT2D eigenvalue weighted by Crippen LogP contribution is 2.22. The number of aliphatic hydroxyl groups is 1. The van der Waals surface area contributed by atoms with Gasteiger partial charge in [0.15, 0.2) is 0 Å². The number of ether oxygens (including phenoxy) is 2. The second-order valence-corrected chi connectivity index (χ2v) is 6.08. The number of rotatable bonds is 8. The summed E-state index contributed by atoms with van der Waals surface area (Å²) in [5, 5.41) is 18.0. The third kappa shape index (κ3) is 4.49. The Hall–Kier alpha value is -2.05. The highest BCUT2D eigenvalue weighted by Gasteiger charge is 2.14. The van der Waals surface area contributed by atoms with Gasteiger partial charge in [0.2, 0.25) is 5.88 Å². The van der Waals surface area contributed by atoms with E-state index in [1.807, 2.05) is 52.1 Å². The van der Waals surface area contributed by atoms with Crippen LogP contribution in [0.15, 0.2) is 24.3 Å². The molecule has 2 aromatic rings. The van der Waals surface area contributed by atoms with Gasteiger partial charge in [-0.3, -0.25) is 0 Å². The minimum Gasteiger partial charge on any atom is -0.491 e. The molecule has 2 rings (SSSR count). The fraction of sp³-hybridized carbons (Fsp3) is 0.500. The first-order chi connectivity index (χ1) is 11.4. The number of hydrogen-bond acceptors (Lipinski definition) is 5. The molecule has 6 heteroatoms. The minimum absolute atomic E-state index is 0.108. The molecule has 0 fully saturated rings. The Morgan fingerprint density at radius 3 is 2.75 bits per heavy atom. The Morgan fingerprint density at radius 1 is 1.33 bits per heavy atom. The van der Waals surface area contributed by atoms with Crippen molar-refractivity contribution in [2.45, 2.75) is 39.5 Å². The van der Waals surface area contributed by atoms with Gasteiger partial charge in [-0.2, -0.15) is 5.10 Å². The SMILES string of the molecule is COc1c(CNCC(O)c2cccc(OC(C)C)c2)c(C)nn1C. The van der Waals surface area contributed by atoms with Crippen LogP contribution < -0.4 is 14.8 Å². The van der Waals surface area contributed by atoms with Crippen LogP contribution in [-0.2, 0) is 13.6 Å². The third-order valence-electron chi connectivity index (χ3n) is 3.74. The molecule has 1 unspecified atom stereocenters. The fourth-order valence-electron chi connectivity index (χ4n) is 2.66. The van der Waals surface area contributed by atoms with Gasteiger partial charge >= 0.3 is 0 Å². The van der Waals surface area contributed by atoms with Gasteiger partial charge in [0.25, 0.3) is 0 Å². The Morgan fingerprint density at radius 2 is 2.08 bits per heavy atom. The quantitative estimate of drug-likeness (QED) is 0.776. The van der Waals surface area contributed by atoms with E-state index in [0.717, 1.165) is 28.5 Å². The summed E-state index contributed by atoms with van der Waals surface area (Å²) in [6.07, 6.45) is -0.500. The lowest BCUT2D eigenvalue weighted by molar-refractivity contribution is 0.173. The van der Waals surface area contributed by atoms with Gasteiger partial charge in [0.1, 0.15) is 5.75 Å². The summed E-state index contributed by atoms with van der Waals surface area (Å²) in [6, 6.07) is 7.57. The van der Waals surface area contributed by atoms with Crippen molar-refractivity contribution >= 4 is 0 Å². The molecular formula is C18H27N3O3. The van der Waals surface area contributed by atoms with Crippen molar-refractivity contribution in [3.8, 4) is 11.6 Å². The van der Waals surface area contributed by atoms with Crippen LogP contribution in [-0.4, -0.2) is 34.6 Å². The number of aliphatic hydroxyl groups excluding tert-OH is 1. The Bertz CT molecular complexity index is 668. The van der Waals surface area contributed by atoms with E-state index in [1.165, 1.54) is 0 Å². The average molecular weight is 333 g/mol. The van der Waals surface area contributed by atoms with Gasteiger partial charge in [0.05, 0.1) is 30.6 Å². The lowest BCUT2D eigenvalue weighted by atomic mass is 10.1. The number of hydrogen-bond donors (Lipinski definition) is 2. The largest absolute Gasteiger partial charge is 0.491 e. The molecule has 0 aliphatic heterocycles. The zero-order valence-electron chi connectivity index (χ0n) is 15.0. The summed E-state index contributed by atoms with van der Waals surface area (Å²) < 4.78 is 12.8. The summed E-state index contributed by atoms with van der Waals surface area (Å²) in [7, 11) is 3.49. The summed E-state index contributed by atoms with van der Waals surface area (Å²) in [6.45, 7) is 6.93. The van der Waals surface area contributed by atoms with Crippen molar-refractivity contribution in [1.29, 1.82) is 0 Å². The lowest BCUT2D eigenvalue weighted by Gasteiger charge is -2.15. The molecule has 0 saturated heterocycles. The van der Waals surface area contributed by atoms with E-state index >= 15 is 0 Å². The molecule has 0 aliphatic carbocycles. The van der Waals surface area contributed by atoms with Crippen molar-refractivity contribution < 1.29 is 14.6 Å². The molecule has 0 aliphatic rings. The Balaban J connectivity index is 1.95. The molecule has 0 bridgehead atoms. The maximum Gasteiger partial charge on any atom is 0.216 e. The van der Waals surface area contributed by atoms with E-state index in [4.69, 9.17) is 9.47 Å². The summed E-state index contributed by atoms with van der Waals surface area (Å²) in [5.41, 5.74) is 2.75. The van der Waals surface area contributed by atoms with E-state index in [9.17, 15) is 5.11 Å². The molecule has 0 saturated carbocycles. The summed E-state index contributed by atoms with van der Waals surface area (Å²) in [5.74, 6) is 1.51. The van der Waals surface area contributed by atoms with Crippen molar-refractivity contribution in [3.05, 3.63) is 41.1 Å². The van der Waals surface area contributed by atoms with Crippen LogP contribution in [0.4, 0.5) is 0 Å². The maximum atomic E-state index is 10.4. The zero-order valence-corrected chi connectivity index (χ0v) is 15.0. The molecule has 1 heterocycles. The molecule has 132 valence electrons. The number of aromatic nitrogens is 2. The predicted molar refractivity (Wildman–Crippen MR) is 93.4 cm³/mol. The molecule has 1 atom stereocenters. The van der Waals surface area contributed by atoms with E-state index in [1.54, 1.807) is 11.8 Å². The molecule has 0 radical (unpaired) electrons. The normalized spacial score (nSPS) is 12.5. The summed E-state index contributed by atoms with van der Waals surface area (Å²) >= 11 is 0. The number of benzene rings is 1. The van der Waals surface area contributed by atoms with Crippen molar-refractivity contribution in [1.82, 2.24) is 15.1 Å². The first-order valence-corrected chi connectivity index (χ1v) is 8.14. The first kappa shape index (κ1) is 18.3. The van der Waals surface area contributed by atoms with Gasteiger partial charge in [0, 0.05) is 20.1 Å². The Kier molecular flexibility index (Phi) is 6.23. The molecular weight excluding hydrogens is 306 g/mol. The van der Waals surface area contributed by atoms with Gasteiger partial charge in [-0.05, 0) is 38.5 Å². The third-order valence-corrected chi connectivity index (χ3v) is 3.74. The van der Waals surface area contributed by atoms with Crippen molar-refractivity contribution in [2.75, 3.05) is 13.7 Å². The molecule has 2 N–H and O–H groups in total. The van der Waals surface area contributed by atoms with Gasteiger partial charge < -0.3 is 19.9 Å². The van der Waals surface area contributed by atoms with Crippen molar-refractivity contribution in [2.24, 2.45) is 7.05 Å². The van der Waals surface area contributed by atoms with Crippen LogP contribution in [0.5, 0.6) is 11.6 Å². The van der Waals surface area contributed by atoms with Crippen LogP contribution >= 0.6 is 0 Å². The van der Waals surface area contributed by atoms with E-state index in [0.29, 0.717) is 13.1 Å². The number of aryl methyl sites for hydroxylation is 2. The van der Waals surface area contributed by atoms with Crippen LogP contribution in [0.3, 0.4) is 0 Å². The summed E-state index contributed by atoms with van der Waals surface area (Å²) in [4.78, 5) is 0.